The van der Waals surface area contributed by atoms with Gasteiger partial charge in [0.15, 0.2) is 5.52 Å². The molecule has 0 bridgehead atoms. The average Bonchev–Trinajstić information content (AvgIpc) is 3.22. The average molecular weight is 401 g/mol. The third-order valence-corrected chi connectivity index (χ3v) is 5.76. The van der Waals surface area contributed by atoms with Crippen LogP contribution in [0.15, 0.2) is 52.0 Å². The first kappa shape index (κ1) is 18.1. The number of rotatable bonds is 5. The van der Waals surface area contributed by atoms with Crippen LogP contribution in [0.3, 0.4) is 0 Å². The van der Waals surface area contributed by atoms with Gasteiger partial charge in [-0.05, 0) is 54.0 Å². The van der Waals surface area contributed by atoms with Crippen LogP contribution in [-0.2, 0) is 16.6 Å². The molecular formula is C18H16FN5O3S. The Kier molecular flexibility index (Phi) is 4.34. The van der Waals surface area contributed by atoms with Crippen LogP contribution in [0.4, 0.5) is 10.1 Å². The number of hydrogen-bond acceptors (Lipinski definition) is 6. The monoisotopic (exact) mass is 401 g/mol. The van der Waals surface area contributed by atoms with Crippen LogP contribution < -0.4 is 4.72 Å². The highest BCUT2D eigenvalue weighted by atomic mass is 32.2. The zero-order valence-corrected chi connectivity index (χ0v) is 15.9. The third-order valence-electron chi connectivity index (χ3n) is 4.38. The van der Waals surface area contributed by atoms with E-state index < -0.39 is 10.0 Å². The molecule has 4 rings (SSSR count). The molecular weight excluding hydrogens is 385 g/mol. The van der Waals surface area contributed by atoms with Gasteiger partial charge in [0.1, 0.15) is 16.2 Å². The number of fused-ring (bicyclic) bond motifs is 1. The van der Waals surface area contributed by atoms with Gasteiger partial charge in [-0.25, -0.2) is 17.4 Å². The van der Waals surface area contributed by atoms with E-state index in [9.17, 15) is 12.8 Å². The molecule has 0 aliphatic rings. The van der Waals surface area contributed by atoms with Crippen molar-refractivity contribution in [2.24, 2.45) is 0 Å². The van der Waals surface area contributed by atoms with Gasteiger partial charge in [0, 0.05) is 0 Å². The minimum Gasteiger partial charge on any atom is -0.276 e. The predicted molar refractivity (Wildman–Crippen MR) is 99.8 cm³/mol. The van der Waals surface area contributed by atoms with E-state index in [-0.39, 0.29) is 16.2 Å². The number of aromatic nitrogens is 4. The van der Waals surface area contributed by atoms with E-state index in [2.05, 4.69) is 24.8 Å². The minimum atomic E-state index is -3.95. The molecule has 0 aliphatic heterocycles. The summed E-state index contributed by atoms with van der Waals surface area (Å²) in [5.74, 6) is -0.339. The van der Waals surface area contributed by atoms with Gasteiger partial charge >= 0.3 is 0 Å². The first-order chi connectivity index (χ1) is 13.3. The maximum atomic E-state index is 13.4. The maximum absolute atomic E-state index is 13.4. The number of nitrogens with one attached hydrogen (secondary N) is 1. The van der Waals surface area contributed by atoms with Gasteiger partial charge in [-0.3, -0.25) is 9.40 Å². The first-order valence-corrected chi connectivity index (χ1v) is 9.86. The van der Waals surface area contributed by atoms with Gasteiger partial charge in [0.2, 0.25) is 0 Å². The van der Waals surface area contributed by atoms with Crippen LogP contribution in [0.5, 0.6) is 0 Å². The van der Waals surface area contributed by atoms with Crippen molar-refractivity contribution in [3.8, 4) is 0 Å². The van der Waals surface area contributed by atoms with Crippen LogP contribution in [0, 0.1) is 19.7 Å². The highest BCUT2D eigenvalue weighted by Crippen LogP contribution is 2.26. The van der Waals surface area contributed by atoms with Gasteiger partial charge in [0.05, 0.1) is 23.6 Å². The van der Waals surface area contributed by atoms with Crippen molar-refractivity contribution >= 4 is 26.7 Å². The Labute approximate surface area is 160 Å². The lowest BCUT2D eigenvalue weighted by atomic mass is 10.2. The Bertz CT molecular complexity index is 1280. The summed E-state index contributed by atoms with van der Waals surface area (Å²) >= 11 is 0. The fourth-order valence-electron chi connectivity index (χ4n) is 2.99. The fourth-order valence-corrected chi connectivity index (χ4v) is 4.32. The van der Waals surface area contributed by atoms with Crippen molar-refractivity contribution in [1.29, 1.82) is 0 Å². The summed E-state index contributed by atoms with van der Waals surface area (Å²) in [6, 6.07) is 10.8. The van der Waals surface area contributed by atoms with Gasteiger partial charge in [-0.15, -0.1) is 0 Å². The molecule has 8 nitrogen and oxygen atoms in total. The Morgan fingerprint density at radius 2 is 1.93 bits per heavy atom. The molecule has 2 heterocycles. The van der Waals surface area contributed by atoms with Crippen LogP contribution >= 0.6 is 0 Å². The molecule has 0 saturated carbocycles. The summed E-state index contributed by atoms with van der Waals surface area (Å²) in [7, 11) is -3.95. The summed E-state index contributed by atoms with van der Waals surface area (Å²) < 4.78 is 48.1. The van der Waals surface area contributed by atoms with E-state index in [4.69, 9.17) is 0 Å². The second-order valence-corrected chi connectivity index (χ2v) is 7.98. The second-order valence-electron chi connectivity index (χ2n) is 6.33. The molecule has 0 fully saturated rings. The summed E-state index contributed by atoms with van der Waals surface area (Å²) in [5.41, 5.74) is 2.69. The highest BCUT2D eigenvalue weighted by Gasteiger charge is 2.23. The first-order valence-electron chi connectivity index (χ1n) is 8.38. The molecule has 0 aliphatic carbocycles. The lowest BCUT2D eigenvalue weighted by Crippen LogP contribution is -2.15. The van der Waals surface area contributed by atoms with E-state index in [1.165, 1.54) is 18.2 Å². The van der Waals surface area contributed by atoms with Gasteiger partial charge in [-0.2, -0.15) is 5.10 Å². The van der Waals surface area contributed by atoms with E-state index >= 15 is 0 Å². The zero-order chi connectivity index (χ0) is 19.9. The second kappa shape index (κ2) is 6.71. The topological polar surface area (TPSA) is 103 Å². The van der Waals surface area contributed by atoms with E-state index in [0.717, 1.165) is 5.56 Å². The molecule has 0 spiro atoms. The van der Waals surface area contributed by atoms with Crippen LogP contribution in [0.25, 0.3) is 11.0 Å². The Morgan fingerprint density at radius 1 is 1.14 bits per heavy atom. The molecule has 4 aromatic rings. The molecule has 0 saturated heterocycles. The van der Waals surface area contributed by atoms with Crippen LogP contribution in [-0.4, -0.2) is 28.5 Å². The quantitative estimate of drug-likeness (QED) is 0.551. The Hall–Kier alpha value is -3.27. The standard InChI is InChI=1S/C18H16FN5O3S/c1-11-17(12(2)24(20-11)10-13-5-3-6-14(19)9-13)23-28(25,26)16-8-4-7-15-18(16)22-27-21-15/h3-9,23H,10H2,1-2H3. The largest absolute Gasteiger partial charge is 0.276 e. The van der Waals surface area contributed by atoms with Crippen LogP contribution in [0.2, 0.25) is 0 Å². The molecule has 2 aromatic heterocycles. The Morgan fingerprint density at radius 3 is 2.71 bits per heavy atom. The molecule has 1 N–H and O–H groups in total. The molecule has 2 aromatic carbocycles. The third kappa shape index (κ3) is 3.22. The Balaban J connectivity index is 1.68. The maximum Gasteiger partial charge on any atom is 0.264 e. The van der Waals surface area contributed by atoms with Gasteiger partial charge in [-0.1, -0.05) is 18.2 Å². The smallest absolute Gasteiger partial charge is 0.264 e. The minimum absolute atomic E-state index is 0.0390. The molecule has 0 radical (unpaired) electrons. The molecule has 10 heteroatoms. The number of nitrogens with zero attached hydrogens (tertiary/aromatic N) is 4. The summed E-state index contributed by atoms with van der Waals surface area (Å²) in [6.07, 6.45) is 0. The predicted octanol–water partition coefficient (Wildman–Crippen LogP) is 3.02. The van der Waals surface area contributed by atoms with Crippen LogP contribution in [0.1, 0.15) is 17.0 Å². The number of aryl methyl sites for hydroxylation is 1. The van der Waals surface area contributed by atoms with Crippen molar-refractivity contribution in [2.75, 3.05) is 4.72 Å². The number of sulfonamides is 1. The molecule has 0 atom stereocenters. The normalized spacial score (nSPS) is 11.8. The lowest BCUT2D eigenvalue weighted by molar-refractivity contribution is 0.315. The number of anilines is 1. The number of hydrogen-bond donors (Lipinski definition) is 1. The summed E-state index contributed by atoms with van der Waals surface area (Å²) in [5, 5.41) is 11.7. The summed E-state index contributed by atoms with van der Waals surface area (Å²) in [6.45, 7) is 3.76. The zero-order valence-electron chi connectivity index (χ0n) is 15.0. The molecule has 0 amide bonds. The van der Waals surface area contributed by atoms with Crippen molar-refractivity contribution < 1.29 is 17.4 Å². The van der Waals surface area contributed by atoms with Crippen molar-refractivity contribution in [3.05, 3.63) is 65.2 Å². The van der Waals surface area contributed by atoms with Gasteiger partial charge in [0.25, 0.3) is 10.0 Å². The van der Waals surface area contributed by atoms with Gasteiger partial charge < -0.3 is 0 Å². The SMILES string of the molecule is Cc1nn(Cc2cccc(F)c2)c(C)c1NS(=O)(=O)c1cccc2nonc12. The fraction of sp³-hybridized carbons (Fsp3) is 0.167. The molecule has 0 unspecified atom stereocenters. The highest BCUT2D eigenvalue weighted by molar-refractivity contribution is 7.93. The van der Waals surface area contributed by atoms with Crippen molar-refractivity contribution in [3.63, 3.8) is 0 Å². The van der Waals surface area contributed by atoms with Crippen molar-refractivity contribution in [1.82, 2.24) is 20.1 Å². The van der Waals surface area contributed by atoms with Crippen molar-refractivity contribution in [2.45, 2.75) is 25.3 Å². The lowest BCUT2D eigenvalue weighted by Gasteiger charge is -2.09. The number of halogens is 1. The summed E-state index contributed by atoms with van der Waals surface area (Å²) in [4.78, 5) is -0.0390. The molecule has 28 heavy (non-hydrogen) atoms. The number of benzene rings is 2. The molecule has 144 valence electrons. The van der Waals surface area contributed by atoms with E-state index in [1.807, 2.05) is 0 Å². The van der Waals surface area contributed by atoms with E-state index in [1.54, 1.807) is 42.8 Å². The van der Waals surface area contributed by atoms with E-state index in [0.29, 0.717) is 29.1 Å².